The number of hydrogen-bond acceptors (Lipinski definition) is 1. The molecule has 2 aromatic carbocycles. The Bertz CT molecular complexity index is 607. The van der Waals surface area contributed by atoms with Crippen LogP contribution in [0.4, 0.5) is 0 Å². The van der Waals surface area contributed by atoms with Crippen molar-refractivity contribution < 1.29 is 4.79 Å². The monoisotopic (exact) mass is 351 g/mol. The third kappa shape index (κ3) is 4.36. The minimum atomic E-state index is -0.110. The third-order valence-electron chi connectivity index (χ3n) is 2.91. The van der Waals surface area contributed by atoms with Crippen LogP contribution in [-0.2, 0) is 6.42 Å². The summed E-state index contributed by atoms with van der Waals surface area (Å²) < 4.78 is 0.800. The molecule has 0 atom stereocenters. The summed E-state index contributed by atoms with van der Waals surface area (Å²) in [7, 11) is 0. The molecule has 0 heterocycles. The molecule has 0 bridgehead atoms. The highest BCUT2D eigenvalue weighted by atomic mass is 79.9. The zero-order valence-corrected chi connectivity index (χ0v) is 13.5. The molecule has 0 saturated carbocycles. The second kappa shape index (κ2) is 6.91. The maximum Gasteiger partial charge on any atom is 0.251 e. The van der Waals surface area contributed by atoms with Crippen molar-refractivity contribution in [3.8, 4) is 0 Å². The molecule has 0 saturated heterocycles. The first kappa shape index (κ1) is 15.1. The van der Waals surface area contributed by atoms with E-state index in [1.54, 1.807) is 18.2 Å². The van der Waals surface area contributed by atoms with Crippen LogP contribution in [0.15, 0.2) is 46.9 Å². The van der Waals surface area contributed by atoms with Gasteiger partial charge in [0.15, 0.2) is 0 Å². The fraction of sp³-hybridized carbons (Fsp3) is 0.188. The van der Waals surface area contributed by atoms with E-state index in [9.17, 15) is 4.79 Å². The smallest absolute Gasteiger partial charge is 0.251 e. The Morgan fingerprint density at radius 3 is 2.75 bits per heavy atom. The minimum absolute atomic E-state index is 0.110. The molecule has 104 valence electrons. The van der Waals surface area contributed by atoms with Crippen molar-refractivity contribution in [1.82, 2.24) is 5.32 Å². The highest BCUT2D eigenvalue weighted by Gasteiger charge is 2.07. The summed E-state index contributed by atoms with van der Waals surface area (Å²) in [6.07, 6.45) is 0.815. The summed E-state index contributed by atoms with van der Waals surface area (Å²) in [5.41, 5.74) is 3.01. The van der Waals surface area contributed by atoms with Gasteiger partial charge in [-0.1, -0.05) is 57.4 Å². The summed E-state index contributed by atoms with van der Waals surface area (Å²) in [5, 5.41) is 3.45. The van der Waals surface area contributed by atoms with Gasteiger partial charge in [0.05, 0.1) is 0 Å². The Labute approximate surface area is 132 Å². The quantitative estimate of drug-likeness (QED) is 0.869. The first-order valence-corrected chi connectivity index (χ1v) is 7.51. The number of carbonyl (C=O) groups is 1. The second-order valence-electron chi connectivity index (χ2n) is 4.65. The lowest BCUT2D eigenvalue weighted by atomic mass is 10.1. The van der Waals surface area contributed by atoms with Crippen molar-refractivity contribution in [1.29, 1.82) is 0 Å². The van der Waals surface area contributed by atoms with Gasteiger partial charge in [0.25, 0.3) is 5.91 Å². The lowest BCUT2D eigenvalue weighted by molar-refractivity contribution is 0.0954. The SMILES string of the molecule is Cc1cccc(CCNC(=O)c2cc(Cl)cc(Br)c2)c1. The van der Waals surface area contributed by atoms with Crippen LogP contribution in [0.3, 0.4) is 0 Å². The van der Waals surface area contributed by atoms with Gasteiger partial charge in [-0.3, -0.25) is 4.79 Å². The predicted octanol–water partition coefficient (Wildman–Crippen LogP) is 4.38. The van der Waals surface area contributed by atoms with Gasteiger partial charge < -0.3 is 5.32 Å². The number of nitrogens with one attached hydrogen (secondary N) is 1. The molecule has 0 spiro atoms. The molecular formula is C16H15BrClNO. The van der Waals surface area contributed by atoms with E-state index < -0.39 is 0 Å². The number of rotatable bonds is 4. The van der Waals surface area contributed by atoms with E-state index in [1.807, 2.05) is 6.07 Å². The van der Waals surface area contributed by atoms with Crippen molar-refractivity contribution in [3.05, 3.63) is 68.7 Å². The van der Waals surface area contributed by atoms with E-state index in [0.717, 1.165) is 10.9 Å². The normalized spacial score (nSPS) is 10.3. The van der Waals surface area contributed by atoms with Crippen molar-refractivity contribution in [2.75, 3.05) is 6.54 Å². The number of hydrogen-bond donors (Lipinski definition) is 1. The molecule has 2 aromatic rings. The molecule has 0 aliphatic heterocycles. The van der Waals surface area contributed by atoms with E-state index in [2.05, 4.69) is 46.4 Å². The van der Waals surface area contributed by atoms with Crippen LogP contribution in [0.2, 0.25) is 5.02 Å². The molecule has 0 aromatic heterocycles. The van der Waals surface area contributed by atoms with E-state index in [0.29, 0.717) is 17.1 Å². The largest absolute Gasteiger partial charge is 0.352 e. The molecule has 0 aliphatic rings. The minimum Gasteiger partial charge on any atom is -0.352 e. The van der Waals surface area contributed by atoms with E-state index in [4.69, 9.17) is 11.6 Å². The van der Waals surface area contributed by atoms with Crippen molar-refractivity contribution in [2.45, 2.75) is 13.3 Å². The third-order valence-corrected chi connectivity index (χ3v) is 3.58. The molecule has 20 heavy (non-hydrogen) atoms. The van der Waals surface area contributed by atoms with Crippen LogP contribution >= 0.6 is 27.5 Å². The molecule has 0 unspecified atom stereocenters. The van der Waals surface area contributed by atoms with Crippen LogP contribution in [0.1, 0.15) is 21.5 Å². The lowest BCUT2D eigenvalue weighted by Crippen LogP contribution is -2.25. The molecule has 0 radical (unpaired) electrons. The van der Waals surface area contributed by atoms with Gasteiger partial charge in [0, 0.05) is 21.6 Å². The topological polar surface area (TPSA) is 29.1 Å². The zero-order chi connectivity index (χ0) is 14.5. The first-order chi connectivity index (χ1) is 9.54. The molecule has 1 N–H and O–H groups in total. The number of halogens is 2. The van der Waals surface area contributed by atoms with Gasteiger partial charge >= 0.3 is 0 Å². The van der Waals surface area contributed by atoms with Crippen LogP contribution in [-0.4, -0.2) is 12.5 Å². The Kier molecular flexibility index (Phi) is 5.21. The average molecular weight is 353 g/mol. The first-order valence-electron chi connectivity index (χ1n) is 6.34. The lowest BCUT2D eigenvalue weighted by Gasteiger charge is -2.07. The van der Waals surface area contributed by atoms with Gasteiger partial charge in [-0.2, -0.15) is 0 Å². The molecule has 2 nitrogen and oxygen atoms in total. The van der Waals surface area contributed by atoms with E-state index >= 15 is 0 Å². The summed E-state index contributed by atoms with van der Waals surface area (Å²) in [6.45, 7) is 2.66. The fourth-order valence-electron chi connectivity index (χ4n) is 1.98. The molecule has 1 amide bonds. The van der Waals surface area contributed by atoms with Crippen LogP contribution in [0, 0.1) is 6.92 Å². The van der Waals surface area contributed by atoms with E-state index in [1.165, 1.54) is 11.1 Å². The molecule has 0 fully saturated rings. The number of amides is 1. The van der Waals surface area contributed by atoms with Gasteiger partial charge in [0.2, 0.25) is 0 Å². The maximum absolute atomic E-state index is 12.0. The number of carbonyl (C=O) groups excluding carboxylic acids is 1. The van der Waals surface area contributed by atoms with Gasteiger partial charge in [-0.25, -0.2) is 0 Å². The fourth-order valence-corrected chi connectivity index (χ4v) is 2.84. The molecule has 0 aliphatic carbocycles. The predicted molar refractivity (Wildman–Crippen MR) is 86.4 cm³/mol. The van der Waals surface area contributed by atoms with E-state index in [-0.39, 0.29) is 5.91 Å². The summed E-state index contributed by atoms with van der Waals surface area (Å²) in [4.78, 5) is 12.0. The summed E-state index contributed by atoms with van der Waals surface area (Å²) in [5.74, 6) is -0.110. The van der Waals surface area contributed by atoms with Crippen molar-refractivity contribution in [2.24, 2.45) is 0 Å². The summed E-state index contributed by atoms with van der Waals surface area (Å²) in [6, 6.07) is 13.5. The Hall–Kier alpha value is -1.32. The van der Waals surface area contributed by atoms with Crippen LogP contribution in [0.25, 0.3) is 0 Å². The standard InChI is InChI=1S/C16H15BrClNO/c1-11-3-2-4-12(7-11)5-6-19-16(20)13-8-14(17)10-15(18)9-13/h2-4,7-10H,5-6H2,1H3,(H,19,20). The van der Waals surface area contributed by atoms with Gasteiger partial charge in [-0.15, -0.1) is 0 Å². The summed E-state index contributed by atoms with van der Waals surface area (Å²) >= 11 is 9.26. The second-order valence-corrected chi connectivity index (χ2v) is 6.01. The van der Waals surface area contributed by atoms with Gasteiger partial charge in [-0.05, 0) is 37.1 Å². The Morgan fingerprint density at radius 1 is 1.25 bits per heavy atom. The number of benzene rings is 2. The van der Waals surface area contributed by atoms with Crippen LogP contribution < -0.4 is 5.32 Å². The molecule has 2 rings (SSSR count). The maximum atomic E-state index is 12.0. The number of aryl methyl sites for hydroxylation is 1. The highest BCUT2D eigenvalue weighted by molar-refractivity contribution is 9.10. The van der Waals surface area contributed by atoms with Gasteiger partial charge in [0.1, 0.15) is 0 Å². The molecular weight excluding hydrogens is 338 g/mol. The zero-order valence-electron chi connectivity index (χ0n) is 11.1. The Morgan fingerprint density at radius 2 is 2.05 bits per heavy atom. The highest BCUT2D eigenvalue weighted by Crippen LogP contribution is 2.19. The van der Waals surface area contributed by atoms with Crippen LogP contribution in [0.5, 0.6) is 0 Å². The average Bonchev–Trinajstić information content (AvgIpc) is 2.37. The molecule has 4 heteroatoms. The Balaban J connectivity index is 1.92. The van der Waals surface area contributed by atoms with Crippen molar-refractivity contribution >= 4 is 33.4 Å². The van der Waals surface area contributed by atoms with Crippen molar-refractivity contribution in [3.63, 3.8) is 0 Å².